The van der Waals surface area contributed by atoms with Gasteiger partial charge >= 0.3 is 12.1 Å². The monoisotopic (exact) mass is 374 g/mol. The number of methoxy groups -OCH3 is 1. The Hall–Kier alpha value is -3.10. The maximum Gasteiger partial charge on any atom is 0.325 e. The fourth-order valence-corrected chi connectivity index (χ4v) is 3.00. The van der Waals surface area contributed by atoms with Crippen molar-refractivity contribution in [3.63, 3.8) is 0 Å². The van der Waals surface area contributed by atoms with E-state index in [4.69, 9.17) is 4.74 Å². The number of imide groups is 2. The predicted octanol–water partition coefficient (Wildman–Crippen LogP) is 0.536. The molecule has 1 heterocycles. The summed E-state index contributed by atoms with van der Waals surface area (Å²) < 4.78 is 5.29. The molecule has 1 aliphatic heterocycles. The average molecular weight is 374 g/mol. The molecule has 2 fully saturated rings. The van der Waals surface area contributed by atoms with Gasteiger partial charge in [0, 0.05) is 12.5 Å². The third-order valence-corrected chi connectivity index (χ3v) is 4.55. The lowest BCUT2D eigenvalue weighted by molar-refractivity contribution is -0.134. The molecule has 0 unspecified atom stereocenters. The van der Waals surface area contributed by atoms with Crippen molar-refractivity contribution in [1.82, 2.24) is 20.9 Å². The van der Waals surface area contributed by atoms with Crippen molar-refractivity contribution in [2.24, 2.45) is 0 Å². The van der Waals surface area contributed by atoms with Gasteiger partial charge in [0.2, 0.25) is 5.91 Å². The zero-order valence-corrected chi connectivity index (χ0v) is 15.2. The summed E-state index contributed by atoms with van der Waals surface area (Å²) in [5.74, 6) is -0.650. The van der Waals surface area contributed by atoms with Gasteiger partial charge < -0.3 is 15.4 Å². The van der Waals surface area contributed by atoms with Crippen molar-refractivity contribution in [2.45, 2.75) is 37.8 Å². The molecule has 1 saturated carbocycles. The highest BCUT2D eigenvalue weighted by atomic mass is 16.5. The first-order valence-corrected chi connectivity index (χ1v) is 8.69. The second-order valence-corrected chi connectivity index (χ2v) is 6.94. The number of hydrogen-bond donors (Lipinski definition) is 3. The molecule has 0 spiro atoms. The van der Waals surface area contributed by atoms with Crippen molar-refractivity contribution in [1.29, 1.82) is 0 Å². The predicted molar refractivity (Wildman–Crippen MR) is 95.0 cm³/mol. The van der Waals surface area contributed by atoms with Gasteiger partial charge in [0.25, 0.3) is 5.91 Å². The number of hydrogen-bond acceptors (Lipinski definition) is 5. The molecule has 1 aromatic carbocycles. The van der Waals surface area contributed by atoms with E-state index in [0.29, 0.717) is 5.75 Å². The van der Waals surface area contributed by atoms with Crippen molar-refractivity contribution in [3.05, 3.63) is 29.8 Å². The number of rotatable bonds is 6. The lowest BCUT2D eigenvalue weighted by atomic mass is 9.92. The van der Waals surface area contributed by atoms with Crippen LogP contribution >= 0.6 is 0 Å². The van der Waals surface area contributed by atoms with Gasteiger partial charge in [-0.1, -0.05) is 18.2 Å². The molecular formula is C18H22N4O5. The van der Waals surface area contributed by atoms with Crippen LogP contribution in [0, 0.1) is 0 Å². The Labute approximate surface area is 156 Å². The van der Waals surface area contributed by atoms with E-state index in [1.54, 1.807) is 19.1 Å². The summed E-state index contributed by atoms with van der Waals surface area (Å²) in [6.07, 6.45) is 1.98. The lowest BCUT2D eigenvalue weighted by Gasteiger charge is -2.22. The molecule has 9 heteroatoms. The number of ether oxygens (including phenoxy) is 1. The van der Waals surface area contributed by atoms with Crippen LogP contribution in [0.25, 0.3) is 0 Å². The Morgan fingerprint density at radius 3 is 2.67 bits per heavy atom. The van der Waals surface area contributed by atoms with E-state index < -0.39 is 36.0 Å². The Morgan fingerprint density at radius 1 is 1.30 bits per heavy atom. The van der Waals surface area contributed by atoms with Gasteiger partial charge in [-0.15, -0.1) is 0 Å². The van der Waals surface area contributed by atoms with Crippen molar-refractivity contribution < 1.29 is 23.9 Å². The molecule has 3 rings (SSSR count). The lowest BCUT2D eigenvalue weighted by Crippen LogP contribution is -2.48. The SMILES string of the molecule is COc1ccccc1C[C@@]1(C)NC(=O)N(CC(=O)NC(=O)NC2CC2)C1=O. The molecule has 1 atom stereocenters. The van der Waals surface area contributed by atoms with Gasteiger partial charge in [0.15, 0.2) is 0 Å². The van der Waals surface area contributed by atoms with Crippen molar-refractivity contribution in [3.8, 4) is 5.75 Å². The fourth-order valence-electron chi connectivity index (χ4n) is 3.00. The maximum atomic E-state index is 12.8. The minimum absolute atomic E-state index is 0.0960. The zero-order valence-electron chi connectivity index (χ0n) is 15.2. The van der Waals surface area contributed by atoms with Crippen LogP contribution < -0.4 is 20.7 Å². The number of benzene rings is 1. The number of nitrogens with one attached hydrogen (secondary N) is 3. The van der Waals surface area contributed by atoms with Gasteiger partial charge in [0.05, 0.1) is 7.11 Å². The molecule has 1 aromatic rings. The van der Waals surface area contributed by atoms with E-state index >= 15 is 0 Å². The Morgan fingerprint density at radius 2 is 2.00 bits per heavy atom. The van der Waals surface area contributed by atoms with Crippen LogP contribution in [0.2, 0.25) is 0 Å². The molecule has 9 nitrogen and oxygen atoms in total. The quantitative estimate of drug-likeness (QED) is 0.628. The summed E-state index contributed by atoms with van der Waals surface area (Å²) in [4.78, 5) is 49.4. The number of amides is 6. The van der Waals surface area contributed by atoms with Crippen molar-refractivity contribution in [2.75, 3.05) is 13.7 Å². The molecule has 1 aliphatic carbocycles. The highest BCUT2D eigenvalue weighted by Crippen LogP contribution is 2.27. The van der Waals surface area contributed by atoms with E-state index in [9.17, 15) is 19.2 Å². The number of urea groups is 2. The summed E-state index contributed by atoms with van der Waals surface area (Å²) >= 11 is 0. The second kappa shape index (κ2) is 7.26. The van der Waals surface area contributed by atoms with E-state index in [0.717, 1.165) is 23.3 Å². The minimum Gasteiger partial charge on any atom is -0.496 e. The van der Waals surface area contributed by atoms with E-state index in [1.807, 2.05) is 12.1 Å². The first-order valence-electron chi connectivity index (χ1n) is 8.69. The topological polar surface area (TPSA) is 117 Å². The van der Waals surface area contributed by atoms with Crippen LogP contribution in [0.3, 0.4) is 0 Å². The average Bonchev–Trinajstić information content (AvgIpc) is 3.39. The molecule has 3 N–H and O–H groups in total. The second-order valence-electron chi connectivity index (χ2n) is 6.94. The number of carbonyl (C=O) groups excluding carboxylic acids is 4. The largest absolute Gasteiger partial charge is 0.496 e. The molecule has 144 valence electrons. The van der Waals surface area contributed by atoms with E-state index in [1.165, 1.54) is 7.11 Å². The minimum atomic E-state index is -1.21. The summed E-state index contributed by atoms with van der Waals surface area (Å²) in [6, 6.07) is 6.00. The number of carbonyl (C=O) groups is 4. The van der Waals surface area contributed by atoms with Crippen molar-refractivity contribution >= 4 is 23.9 Å². The highest BCUT2D eigenvalue weighted by Gasteiger charge is 2.48. The first kappa shape index (κ1) is 18.7. The normalized spacial score (nSPS) is 21.6. The van der Waals surface area contributed by atoms with Crippen LogP contribution in [0.5, 0.6) is 5.75 Å². The standard InChI is InChI=1S/C18H22N4O5/c1-18(9-11-5-3-4-6-13(11)27-2)15(24)22(17(26)21-18)10-14(23)20-16(25)19-12-7-8-12/h3-6,12H,7-10H2,1-2H3,(H,21,26)(H2,19,20,23,25)/t18-/m1/s1. The molecular weight excluding hydrogens is 352 g/mol. The van der Waals surface area contributed by atoms with Gasteiger partial charge in [0.1, 0.15) is 17.8 Å². The van der Waals surface area contributed by atoms with Gasteiger partial charge in [-0.3, -0.25) is 19.8 Å². The molecule has 0 bridgehead atoms. The van der Waals surface area contributed by atoms with Crippen LogP contribution in [0.1, 0.15) is 25.3 Å². The summed E-state index contributed by atoms with van der Waals surface area (Å²) in [5, 5.41) is 7.37. The summed E-state index contributed by atoms with van der Waals surface area (Å²) in [6.45, 7) is 1.07. The highest BCUT2D eigenvalue weighted by molar-refractivity contribution is 6.10. The van der Waals surface area contributed by atoms with Crippen LogP contribution in [-0.2, 0) is 16.0 Å². The van der Waals surface area contributed by atoms with Gasteiger partial charge in [-0.2, -0.15) is 0 Å². The Balaban J connectivity index is 1.64. The zero-order chi connectivity index (χ0) is 19.6. The molecule has 1 saturated heterocycles. The Kier molecular flexibility index (Phi) is 5.02. The van der Waals surface area contributed by atoms with E-state index in [-0.39, 0.29) is 12.5 Å². The van der Waals surface area contributed by atoms with E-state index in [2.05, 4.69) is 16.0 Å². The molecule has 0 radical (unpaired) electrons. The Bertz CT molecular complexity index is 792. The van der Waals surface area contributed by atoms with Crippen LogP contribution in [0.15, 0.2) is 24.3 Å². The molecule has 2 aliphatic rings. The first-order chi connectivity index (χ1) is 12.8. The number of nitrogens with zero attached hydrogens (tertiary/aromatic N) is 1. The molecule has 0 aromatic heterocycles. The summed E-state index contributed by atoms with van der Waals surface area (Å²) in [5.41, 5.74) is -0.450. The molecule has 6 amide bonds. The van der Waals surface area contributed by atoms with Gasteiger partial charge in [-0.05, 0) is 31.4 Å². The smallest absolute Gasteiger partial charge is 0.325 e. The maximum absolute atomic E-state index is 12.8. The molecule has 27 heavy (non-hydrogen) atoms. The third-order valence-electron chi connectivity index (χ3n) is 4.55. The summed E-state index contributed by atoms with van der Waals surface area (Å²) in [7, 11) is 1.53. The third kappa shape index (κ3) is 4.18. The van der Waals surface area contributed by atoms with Crippen LogP contribution in [-0.4, -0.2) is 54.0 Å². The van der Waals surface area contributed by atoms with Gasteiger partial charge in [-0.25, -0.2) is 9.59 Å². The fraction of sp³-hybridized carbons (Fsp3) is 0.444. The number of para-hydroxylation sites is 1. The van der Waals surface area contributed by atoms with Crippen LogP contribution in [0.4, 0.5) is 9.59 Å².